The molecule has 0 spiro atoms. The number of amides is 1. The van der Waals surface area contributed by atoms with Crippen LogP contribution in [0.3, 0.4) is 0 Å². The number of benzene rings is 2. The van der Waals surface area contributed by atoms with E-state index in [1.807, 2.05) is 42.5 Å². The van der Waals surface area contributed by atoms with E-state index in [2.05, 4.69) is 52.0 Å². The Hall–Kier alpha value is -1.86. The van der Waals surface area contributed by atoms with Crippen molar-refractivity contribution in [2.75, 3.05) is 18.0 Å². The second-order valence-electron chi connectivity index (χ2n) is 6.85. The smallest absolute Gasteiger partial charge is 0.225 e. The number of halogens is 2. The Morgan fingerprint density at radius 1 is 1.22 bits per heavy atom. The number of hydrogen-bond acceptors (Lipinski definition) is 3. The molecule has 1 aromatic heterocycles. The highest BCUT2D eigenvalue weighted by Crippen LogP contribution is 2.25. The topological polar surface area (TPSA) is 61.0 Å². The Kier molecular flexibility index (Phi) is 5.50. The van der Waals surface area contributed by atoms with Crippen LogP contribution < -0.4 is 10.2 Å². The average molecular weight is 492 g/mol. The summed E-state index contributed by atoms with van der Waals surface area (Å²) >= 11 is 6.96. The molecule has 1 aliphatic rings. The number of anilines is 1. The van der Waals surface area contributed by atoms with Crippen LogP contribution in [-0.4, -0.2) is 29.0 Å². The van der Waals surface area contributed by atoms with Gasteiger partial charge in [0.2, 0.25) is 11.9 Å². The number of H-pyrrole nitrogens is 1. The second-order valence-corrected chi connectivity index (χ2v) is 8.69. The summed E-state index contributed by atoms with van der Waals surface area (Å²) in [5, 5.41) is 3.08. The number of carbonyl (C=O) groups is 1. The van der Waals surface area contributed by atoms with Crippen molar-refractivity contribution in [1.82, 2.24) is 15.3 Å². The minimum absolute atomic E-state index is 0.0224. The number of hydrogen-bond donors (Lipinski definition) is 2. The van der Waals surface area contributed by atoms with Gasteiger partial charge in [-0.3, -0.25) is 4.79 Å². The molecule has 0 bridgehead atoms. The van der Waals surface area contributed by atoms with E-state index in [-0.39, 0.29) is 11.8 Å². The Morgan fingerprint density at radius 2 is 2.07 bits per heavy atom. The van der Waals surface area contributed by atoms with Crippen LogP contribution in [0.2, 0.25) is 0 Å². The lowest BCUT2D eigenvalue weighted by Gasteiger charge is -2.31. The van der Waals surface area contributed by atoms with Gasteiger partial charge in [0.05, 0.1) is 17.0 Å². The first kappa shape index (κ1) is 18.5. The maximum atomic E-state index is 12.7. The van der Waals surface area contributed by atoms with Gasteiger partial charge >= 0.3 is 0 Å². The number of nitrogens with zero attached hydrogens (tertiary/aromatic N) is 2. The molecular weight excluding hydrogens is 472 g/mol. The normalized spacial score (nSPS) is 17.3. The predicted molar refractivity (Wildman–Crippen MR) is 115 cm³/mol. The number of nitrogens with one attached hydrogen (secondary N) is 2. The zero-order chi connectivity index (χ0) is 18.8. The van der Waals surface area contributed by atoms with Gasteiger partial charge in [-0.15, -0.1) is 0 Å². The number of aromatic nitrogens is 2. The molecule has 3 aromatic rings. The van der Waals surface area contributed by atoms with E-state index >= 15 is 0 Å². The number of piperidine rings is 1. The standard InChI is InChI=1S/C20H20Br2N4O/c21-15-5-1-3-13(9-15)11-23-19(27)14-4-2-8-26(12-14)20-24-17-7-6-16(22)10-18(17)25-20/h1,3,5-7,9-10,14H,2,4,8,11-12H2,(H,23,27)(H,24,25). The lowest BCUT2D eigenvalue weighted by molar-refractivity contribution is -0.125. The molecular formula is C20H20Br2N4O. The fourth-order valence-electron chi connectivity index (χ4n) is 3.48. The van der Waals surface area contributed by atoms with Gasteiger partial charge in [-0.2, -0.15) is 0 Å². The Labute approximate surface area is 174 Å². The van der Waals surface area contributed by atoms with E-state index in [4.69, 9.17) is 0 Å². The molecule has 2 heterocycles. The molecule has 27 heavy (non-hydrogen) atoms. The van der Waals surface area contributed by atoms with Crippen molar-refractivity contribution >= 4 is 54.7 Å². The van der Waals surface area contributed by atoms with E-state index in [1.165, 1.54) is 0 Å². The second kappa shape index (κ2) is 8.02. The third-order valence-corrected chi connectivity index (χ3v) is 5.87. The van der Waals surface area contributed by atoms with E-state index in [0.717, 1.165) is 50.9 Å². The lowest BCUT2D eigenvalue weighted by atomic mass is 9.97. The summed E-state index contributed by atoms with van der Waals surface area (Å²) in [6, 6.07) is 14.0. The average Bonchev–Trinajstić information content (AvgIpc) is 3.09. The third kappa shape index (κ3) is 4.35. The largest absolute Gasteiger partial charge is 0.352 e. The molecule has 1 unspecified atom stereocenters. The van der Waals surface area contributed by atoms with Crippen LogP contribution in [0.1, 0.15) is 18.4 Å². The fourth-order valence-corrected chi connectivity index (χ4v) is 4.29. The van der Waals surface area contributed by atoms with E-state index in [9.17, 15) is 4.79 Å². The zero-order valence-corrected chi connectivity index (χ0v) is 17.9. The zero-order valence-electron chi connectivity index (χ0n) is 14.7. The summed E-state index contributed by atoms with van der Waals surface area (Å²) in [7, 11) is 0. The number of rotatable bonds is 4. The highest BCUT2D eigenvalue weighted by atomic mass is 79.9. The predicted octanol–water partition coefficient (Wildman–Crippen LogP) is 4.62. The fraction of sp³-hybridized carbons (Fsp3) is 0.300. The Bertz CT molecular complexity index is 972. The first-order valence-electron chi connectivity index (χ1n) is 9.01. The lowest BCUT2D eigenvalue weighted by Crippen LogP contribution is -2.43. The molecule has 0 radical (unpaired) electrons. The highest BCUT2D eigenvalue weighted by Gasteiger charge is 2.27. The van der Waals surface area contributed by atoms with Crippen LogP contribution in [0.25, 0.3) is 11.0 Å². The molecule has 1 aliphatic heterocycles. The monoisotopic (exact) mass is 490 g/mol. The van der Waals surface area contributed by atoms with Crippen LogP contribution in [0.15, 0.2) is 51.4 Å². The van der Waals surface area contributed by atoms with Gasteiger partial charge in [-0.25, -0.2) is 4.98 Å². The molecule has 0 aliphatic carbocycles. The molecule has 4 rings (SSSR count). The van der Waals surface area contributed by atoms with Gasteiger partial charge in [-0.05, 0) is 48.7 Å². The van der Waals surface area contributed by atoms with Gasteiger partial charge in [0.1, 0.15) is 0 Å². The number of imidazole rings is 1. The summed E-state index contributed by atoms with van der Waals surface area (Å²) in [5.41, 5.74) is 3.03. The summed E-state index contributed by atoms with van der Waals surface area (Å²) in [6.07, 6.45) is 1.89. The molecule has 5 nitrogen and oxygen atoms in total. The SMILES string of the molecule is O=C(NCc1cccc(Br)c1)C1CCCN(c2nc3ccc(Br)cc3[nH]2)C1. The number of aromatic amines is 1. The summed E-state index contributed by atoms with van der Waals surface area (Å²) < 4.78 is 2.04. The molecule has 1 amide bonds. The van der Waals surface area contributed by atoms with Crippen LogP contribution in [-0.2, 0) is 11.3 Å². The quantitative estimate of drug-likeness (QED) is 0.559. The number of fused-ring (bicyclic) bond motifs is 1. The Balaban J connectivity index is 1.41. The maximum absolute atomic E-state index is 12.7. The summed E-state index contributed by atoms with van der Waals surface area (Å²) in [5.74, 6) is 0.928. The van der Waals surface area contributed by atoms with Crippen molar-refractivity contribution < 1.29 is 4.79 Å². The number of carbonyl (C=O) groups excluding carboxylic acids is 1. The van der Waals surface area contributed by atoms with Gasteiger partial charge in [0.25, 0.3) is 0 Å². The summed E-state index contributed by atoms with van der Waals surface area (Å²) in [6.45, 7) is 2.15. The van der Waals surface area contributed by atoms with Gasteiger partial charge in [0.15, 0.2) is 0 Å². The van der Waals surface area contributed by atoms with Gasteiger partial charge < -0.3 is 15.2 Å². The molecule has 1 saturated heterocycles. The van der Waals surface area contributed by atoms with Crippen molar-refractivity contribution in [3.8, 4) is 0 Å². The minimum atomic E-state index is -0.0224. The van der Waals surface area contributed by atoms with E-state index < -0.39 is 0 Å². The molecule has 1 fully saturated rings. The summed E-state index contributed by atoms with van der Waals surface area (Å²) in [4.78, 5) is 22.9. The minimum Gasteiger partial charge on any atom is -0.352 e. The molecule has 2 aromatic carbocycles. The van der Waals surface area contributed by atoms with Crippen molar-refractivity contribution in [2.24, 2.45) is 5.92 Å². The third-order valence-electron chi connectivity index (χ3n) is 4.88. The molecule has 0 saturated carbocycles. The molecule has 7 heteroatoms. The van der Waals surface area contributed by atoms with Crippen molar-refractivity contribution in [1.29, 1.82) is 0 Å². The van der Waals surface area contributed by atoms with Crippen LogP contribution in [0, 0.1) is 5.92 Å². The van der Waals surface area contributed by atoms with Crippen LogP contribution >= 0.6 is 31.9 Å². The molecule has 2 N–H and O–H groups in total. The van der Waals surface area contributed by atoms with Gasteiger partial charge in [0, 0.05) is 28.6 Å². The highest BCUT2D eigenvalue weighted by molar-refractivity contribution is 9.10. The van der Waals surface area contributed by atoms with E-state index in [1.54, 1.807) is 0 Å². The first-order valence-corrected chi connectivity index (χ1v) is 10.6. The van der Waals surface area contributed by atoms with Gasteiger partial charge in [-0.1, -0.05) is 44.0 Å². The molecule has 1 atom stereocenters. The van der Waals surface area contributed by atoms with Crippen molar-refractivity contribution in [3.05, 3.63) is 57.0 Å². The van der Waals surface area contributed by atoms with E-state index in [0.29, 0.717) is 13.1 Å². The van der Waals surface area contributed by atoms with Crippen LogP contribution in [0.5, 0.6) is 0 Å². The molecule has 140 valence electrons. The first-order chi connectivity index (χ1) is 13.1. The van der Waals surface area contributed by atoms with Crippen molar-refractivity contribution in [2.45, 2.75) is 19.4 Å². The maximum Gasteiger partial charge on any atom is 0.225 e. The Morgan fingerprint density at radius 3 is 2.93 bits per heavy atom. The van der Waals surface area contributed by atoms with Crippen molar-refractivity contribution in [3.63, 3.8) is 0 Å². The van der Waals surface area contributed by atoms with Crippen LogP contribution in [0.4, 0.5) is 5.95 Å².